The molecule has 76 heavy (non-hydrogen) atoms. The summed E-state index contributed by atoms with van der Waals surface area (Å²) in [6, 6.07) is 17.1. The first kappa shape index (κ1) is 60.5. The number of carbonyl (C=O) groups excluding carboxylic acids is 8. The highest BCUT2D eigenvalue weighted by Gasteiger charge is 2.47. The Hall–Kier alpha value is -6.34. The van der Waals surface area contributed by atoms with Crippen LogP contribution in [0.5, 0.6) is 0 Å². The minimum atomic E-state index is -0.975. The molecule has 18 nitrogen and oxygen atoms in total. The highest BCUT2D eigenvalue weighted by Crippen LogP contribution is 2.33. The van der Waals surface area contributed by atoms with Gasteiger partial charge < -0.3 is 53.2 Å². The van der Waals surface area contributed by atoms with E-state index in [0.717, 1.165) is 22.3 Å². The van der Waals surface area contributed by atoms with E-state index < -0.39 is 70.7 Å². The van der Waals surface area contributed by atoms with Gasteiger partial charge in [-0.25, -0.2) is 0 Å². The van der Waals surface area contributed by atoms with Gasteiger partial charge in [0.1, 0.15) is 24.2 Å². The lowest BCUT2D eigenvalue weighted by atomic mass is 9.85. The molecule has 3 aromatic carbocycles. The van der Waals surface area contributed by atoms with Crippen molar-refractivity contribution in [3.8, 4) is 0 Å². The second kappa shape index (κ2) is 27.1. The van der Waals surface area contributed by atoms with Gasteiger partial charge in [-0.05, 0) is 105 Å². The zero-order valence-corrected chi connectivity index (χ0v) is 46.3. The Morgan fingerprint density at radius 3 is 1.21 bits per heavy atom. The molecule has 5 rings (SSSR count). The molecule has 0 spiro atoms. The van der Waals surface area contributed by atoms with Crippen molar-refractivity contribution in [1.82, 2.24) is 41.7 Å². The molecule has 0 aliphatic carbocycles. The van der Waals surface area contributed by atoms with Crippen LogP contribution in [0, 0.1) is 22.7 Å². The van der Waals surface area contributed by atoms with Gasteiger partial charge in [-0.2, -0.15) is 0 Å². The lowest BCUT2D eigenvalue weighted by molar-refractivity contribution is -0.144. The molecule has 0 bridgehead atoms. The first-order chi connectivity index (χ1) is 35.9. The molecule has 3 aromatic rings. The van der Waals surface area contributed by atoms with Crippen LogP contribution >= 0.6 is 0 Å². The smallest absolute Gasteiger partial charge is 0.246 e. The fourth-order valence-corrected chi connectivity index (χ4v) is 9.76. The third-order valence-electron chi connectivity index (χ3n) is 14.8. The molecule has 414 valence electrons. The summed E-state index contributed by atoms with van der Waals surface area (Å²) in [4.78, 5) is 115. The number of nitrogens with two attached hydrogens (primary N) is 2. The summed E-state index contributed by atoms with van der Waals surface area (Å²) >= 11 is 0. The number of hydrogen-bond donors (Lipinski definition) is 8. The van der Waals surface area contributed by atoms with E-state index in [0.29, 0.717) is 39.0 Å². The van der Waals surface area contributed by atoms with Gasteiger partial charge in [-0.1, -0.05) is 108 Å². The van der Waals surface area contributed by atoms with Crippen molar-refractivity contribution < 1.29 is 38.4 Å². The quantitative estimate of drug-likeness (QED) is 0.0602. The zero-order chi connectivity index (χ0) is 56.1. The number of likely N-dealkylation sites (N-methyl/N-ethyl adjacent to an activating group) is 2. The zero-order valence-electron chi connectivity index (χ0n) is 46.3. The van der Waals surface area contributed by atoms with Crippen LogP contribution in [0.1, 0.15) is 124 Å². The SMILES string of the molecule is CN[C@@H](C)C(=O)N[C@H](C(=O)N1C[C@@H](CC(=O)c2cccc(C(=O)C[C@H]3C[C@@H](C(=O)NCCc4ccc(CN)cc4)N(C(=O)[C@@H](NC(=O)[C@H](C)NC)C(C)(C)C)C3)c2)C[C@H]1C(=O)NCCc1ccc(CN)cc1)C(C)(C)C. The van der Waals surface area contributed by atoms with Crippen LogP contribution in [0.3, 0.4) is 0 Å². The summed E-state index contributed by atoms with van der Waals surface area (Å²) in [5.41, 5.74) is 14.6. The van der Waals surface area contributed by atoms with Crippen LogP contribution in [-0.2, 0) is 54.7 Å². The predicted octanol–water partition coefficient (Wildman–Crippen LogP) is 3.18. The molecule has 18 heteroatoms. The summed E-state index contributed by atoms with van der Waals surface area (Å²) in [7, 11) is 3.30. The highest BCUT2D eigenvalue weighted by atomic mass is 16.2. The van der Waals surface area contributed by atoms with Crippen LogP contribution in [0.2, 0.25) is 0 Å². The van der Waals surface area contributed by atoms with E-state index in [-0.39, 0.29) is 85.1 Å². The minimum Gasteiger partial charge on any atom is -0.354 e. The molecule has 2 aliphatic rings. The molecule has 10 N–H and O–H groups in total. The van der Waals surface area contributed by atoms with Crippen LogP contribution in [-0.4, -0.2) is 133 Å². The lowest BCUT2D eigenvalue weighted by Crippen LogP contribution is -2.59. The molecule has 2 saturated heterocycles. The van der Waals surface area contributed by atoms with Gasteiger partial charge >= 0.3 is 0 Å². The van der Waals surface area contributed by atoms with Crippen molar-refractivity contribution in [3.63, 3.8) is 0 Å². The number of nitrogens with zero attached hydrogens (tertiary/aromatic N) is 2. The second-order valence-corrected chi connectivity index (χ2v) is 22.8. The number of likely N-dealkylation sites (tertiary alicyclic amines) is 2. The first-order valence-corrected chi connectivity index (χ1v) is 26.7. The van der Waals surface area contributed by atoms with E-state index in [1.165, 1.54) is 9.80 Å². The van der Waals surface area contributed by atoms with E-state index >= 15 is 0 Å². The molecule has 0 radical (unpaired) electrons. The van der Waals surface area contributed by atoms with Crippen molar-refractivity contribution in [1.29, 1.82) is 0 Å². The number of rotatable bonds is 24. The summed E-state index contributed by atoms with van der Waals surface area (Å²) in [5.74, 6) is -3.70. The average molecular weight is 1050 g/mol. The monoisotopic (exact) mass is 1050 g/mol. The Kier molecular flexibility index (Phi) is 21.6. The second-order valence-electron chi connectivity index (χ2n) is 22.8. The summed E-state index contributed by atoms with van der Waals surface area (Å²) < 4.78 is 0. The third kappa shape index (κ3) is 16.3. The molecule has 2 heterocycles. The molecule has 2 aliphatic heterocycles. The predicted molar refractivity (Wildman–Crippen MR) is 293 cm³/mol. The Balaban J connectivity index is 1.32. The maximum Gasteiger partial charge on any atom is 0.246 e. The number of Topliss-reactive ketones (excluding diaryl/α,β-unsaturated/α-hetero) is 2. The molecule has 0 aromatic heterocycles. The van der Waals surface area contributed by atoms with E-state index in [1.807, 2.05) is 90.1 Å². The first-order valence-electron chi connectivity index (χ1n) is 26.7. The Labute approximate surface area is 449 Å². The molecule has 0 saturated carbocycles. The van der Waals surface area contributed by atoms with Crippen molar-refractivity contribution >= 4 is 47.0 Å². The molecule has 6 amide bonds. The Morgan fingerprint density at radius 2 is 0.895 bits per heavy atom. The number of ketones is 2. The number of amides is 6. The minimum absolute atomic E-state index is 0.0178. The van der Waals surface area contributed by atoms with Gasteiger partial charge in [0.2, 0.25) is 35.4 Å². The number of benzene rings is 3. The molecule has 2 fully saturated rings. The lowest BCUT2D eigenvalue weighted by Gasteiger charge is -2.36. The van der Waals surface area contributed by atoms with Crippen molar-refractivity contribution in [2.45, 2.75) is 143 Å². The van der Waals surface area contributed by atoms with E-state index in [4.69, 9.17) is 11.5 Å². The van der Waals surface area contributed by atoms with Gasteiger partial charge in [-0.3, -0.25) is 38.4 Å². The summed E-state index contributed by atoms with van der Waals surface area (Å²) in [5, 5.41) is 17.6. The van der Waals surface area contributed by atoms with Crippen molar-refractivity contribution in [2.75, 3.05) is 40.3 Å². The van der Waals surface area contributed by atoms with E-state index in [1.54, 1.807) is 52.2 Å². The molecule has 8 atom stereocenters. The van der Waals surface area contributed by atoms with Gasteiger partial charge in [0.15, 0.2) is 11.6 Å². The maximum atomic E-state index is 14.6. The largest absolute Gasteiger partial charge is 0.354 e. The highest BCUT2D eigenvalue weighted by molar-refractivity contribution is 6.02. The van der Waals surface area contributed by atoms with Crippen LogP contribution in [0.15, 0.2) is 72.8 Å². The fraction of sp³-hybridized carbons (Fsp3) is 0.552. The standard InChI is InChI=1S/C58H84N10O8/c1-35(61-9)51(71)65-49(57(3,4)5)55(75)67-33-41(26-45(67)53(73)63-24-22-37-14-18-39(31-59)19-15-37)28-47(69)43-12-11-13-44(30-43)48(70)29-42-27-46(54(74)64-25-23-38-16-20-40(32-60)21-17-38)68(34-42)56(76)50(58(6,7)8)66-52(72)36(2)62-10/h11-21,30,35-36,41-42,45-46,49-50,61-62H,22-29,31-34,59-60H2,1-10H3,(H,63,73)(H,64,74)(H,65,71)(H,66,72)/t35-,36-,41+,42+,45-,46-,49+,50+/m0/s1. The van der Waals surface area contributed by atoms with Gasteiger partial charge in [0.25, 0.3) is 0 Å². The third-order valence-corrected chi connectivity index (χ3v) is 14.8. The average Bonchev–Trinajstić information content (AvgIpc) is 4.03. The number of hydrogen-bond acceptors (Lipinski definition) is 12. The maximum absolute atomic E-state index is 14.6. The Bertz CT molecular complexity index is 2350. The van der Waals surface area contributed by atoms with Crippen molar-refractivity contribution in [3.05, 3.63) is 106 Å². The summed E-state index contributed by atoms with van der Waals surface area (Å²) in [6.45, 7) is 16.1. The topological polar surface area (TPSA) is 267 Å². The van der Waals surface area contributed by atoms with Crippen LogP contribution in [0.25, 0.3) is 0 Å². The van der Waals surface area contributed by atoms with Gasteiger partial charge in [0, 0.05) is 63.2 Å². The Morgan fingerprint density at radius 1 is 0.553 bits per heavy atom. The van der Waals surface area contributed by atoms with Crippen LogP contribution in [0.4, 0.5) is 0 Å². The fourth-order valence-electron chi connectivity index (χ4n) is 9.76. The normalized spacial score (nSPS) is 19.3. The summed E-state index contributed by atoms with van der Waals surface area (Å²) in [6.07, 6.45) is 1.46. The van der Waals surface area contributed by atoms with Crippen molar-refractivity contribution in [2.24, 2.45) is 34.1 Å². The number of nitrogens with one attached hydrogen (secondary N) is 6. The van der Waals surface area contributed by atoms with Gasteiger partial charge in [-0.15, -0.1) is 0 Å². The van der Waals surface area contributed by atoms with Crippen LogP contribution < -0.4 is 43.4 Å². The van der Waals surface area contributed by atoms with Gasteiger partial charge in [0.05, 0.1) is 12.1 Å². The number of carbonyl (C=O) groups is 8. The molecule has 0 unspecified atom stereocenters. The van der Waals surface area contributed by atoms with E-state index in [9.17, 15) is 38.4 Å². The molecular formula is C58H84N10O8. The van der Waals surface area contributed by atoms with E-state index in [2.05, 4.69) is 31.9 Å². The molecular weight excluding hydrogens is 965 g/mol.